The van der Waals surface area contributed by atoms with Crippen molar-refractivity contribution >= 4 is 51.2 Å². The Bertz CT molecular complexity index is 1220. The number of nitrogens with one attached hydrogen (secondary N) is 1. The van der Waals surface area contributed by atoms with Crippen LogP contribution in [0.15, 0.2) is 30.6 Å². The summed E-state index contributed by atoms with van der Waals surface area (Å²) < 4.78 is 7.40. The average molecular weight is 503 g/mol. The van der Waals surface area contributed by atoms with E-state index in [-0.39, 0.29) is 5.54 Å². The van der Waals surface area contributed by atoms with Gasteiger partial charge in [-0.05, 0) is 43.4 Å². The number of aliphatic hydroxyl groups excluding tert-OH is 1. The number of piperazine rings is 1. The molecule has 8 nitrogen and oxygen atoms in total. The Kier molecular flexibility index (Phi) is 5.61. The maximum absolute atomic E-state index is 10.4. The Morgan fingerprint density at radius 2 is 1.88 bits per heavy atom. The van der Waals surface area contributed by atoms with E-state index in [1.54, 1.807) is 6.20 Å². The number of fused-ring (bicyclic) bond motifs is 1. The molecule has 0 amide bonds. The molecule has 1 aliphatic carbocycles. The molecular weight excluding hydrogens is 475 g/mol. The van der Waals surface area contributed by atoms with Crippen molar-refractivity contribution in [3.05, 3.63) is 40.8 Å². The van der Waals surface area contributed by atoms with Gasteiger partial charge in [0.25, 0.3) is 0 Å². The molecule has 2 atom stereocenters. The van der Waals surface area contributed by atoms with Crippen molar-refractivity contribution < 1.29 is 9.84 Å². The van der Waals surface area contributed by atoms with Crippen molar-refractivity contribution in [2.24, 2.45) is 0 Å². The summed E-state index contributed by atoms with van der Waals surface area (Å²) in [7, 11) is 0. The lowest BCUT2D eigenvalue weighted by molar-refractivity contribution is 0.00884. The van der Waals surface area contributed by atoms with E-state index in [9.17, 15) is 5.11 Å². The summed E-state index contributed by atoms with van der Waals surface area (Å²) in [6, 6.07) is 6.54. The lowest BCUT2D eigenvalue weighted by Gasteiger charge is -2.45. The Hall–Kier alpha value is -2.10. The SMILES string of the molecule is CC1(N2CCN(c3cc4cc(Nc5cnn(C6CC6)c5Cl)ncc4cc3Cl)CC2)COCC1O. The van der Waals surface area contributed by atoms with Crippen molar-refractivity contribution in [1.82, 2.24) is 19.7 Å². The lowest BCUT2D eigenvalue weighted by Crippen LogP contribution is -2.60. The van der Waals surface area contributed by atoms with Gasteiger partial charge < -0.3 is 20.1 Å². The molecule has 10 heteroatoms. The third-order valence-corrected chi connectivity index (χ3v) is 8.09. The number of rotatable bonds is 5. The van der Waals surface area contributed by atoms with Crippen LogP contribution < -0.4 is 10.2 Å². The fourth-order valence-corrected chi connectivity index (χ4v) is 5.59. The van der Waals surface area contributed by atoms with Crippen LogP contribution >= 0.6 is 23.2 Å². The monoisotopic (exact) mass is 502 g/mol. The van der Waals surface area contributed by atoms with Crippen LogP contribution in [0.3, 0.4) is 0 Å². The molecule has 1 aromatic carbocycles. The molecule has 1 saturated carbocycles. The summed E-state index contributed by atoms with van der Waals surface area (Å²) in [5.74, 6) is 0.714. The van der Waals surface area contributed by atoms with Gasteiger partial charge in [-0.1, -0.05) is 23.2 Å². The maximum atomic E-state index is 10.4. The van der Waals surface area contributed by atoms with E-state index < -0.39 is 6.10 Å². The fraction of sp³-hybridized carbons (Fsp3) is 0.500. The van der Waals surface area contributed by atoms with Gasteiger partial charge in [0.1, 0.15) is 5.82 Å². The zero-order chi connectivity index (χ0) is 23.4. The van der Waals surface area contributed by atoms with Crippen LogP contribution in [-0.2, 0) is 4.74 Å². The van der Waals surface area contributed by atoms with E-state index in [0.29, 0.717) is 35.2 Å². The molecule has 0 bridgehead atoms. The Morgan fingerprint density at radius 1 is 1.09 bits per heavy atom. The van der Waals surface area contributed by atoms with Gasteiger partial charge in [0, 0.05) is 37.8 Å². The number of hydrogen-bond donors (Lipinski definition) is 2. The van der Waals surface area contributed by atoms with E-state index in [1.165, 1.54) is 0 Å². The molecule has 2 aromatic heterocycles. The molecule has 180 valence electrons. The zero-order valence-corrected chi connectivity index (χ0v) is 20.6. The largest absolute Gasteiger partial charge is 0.389 e. The number of pyridine rings is 1. The van der Waals surface area contributed by atoms with Gasteiger partial charge >= 0.3 is 0 Å². The highest BCUT2D eigenvalue weighted by Gasteiger charge is 2.44. The highest BCUT2D eigenvalue weighted by molar-refractivity contribution is 6.34. The molecule has 3 fully saturated rings. The molecule has 0 radical (unpaired) electrons. The van der Waals surface area contributed by atoms with E-state index in [0.717, 1.165) is 61.2 Å². The van der Waals surface area contributed by atoms with Crippen molar-refractivity contribution in [3.8, 4) is 0 Å². The van der Waals surface area contributed by atoms with Gasteiger partial charge in [-0.2, -0.15) is 5.10 Å². The van der Waals surface area contributed by atoms with Crippen molar-refractivity contribution in [2.45, 2.75) is 37.5 Å². The second kappa shape index (κ2) is 8.53. The summed E-state index contributed by atoms with van der Waals surface area (Å²) in [4.78, 5) is 9.20. The molecule has 2 unspecified atom stereocenters. The second-order valence-corrected chi connectivity index (χ2v) is 10.5. The number of aliphatic hydroxyl groups is 1. The first kappa shape index (κ1) is 22.4. The molecule has 3 aromatic rings. The number of anilines is 3. The van der Waals surface area contributed by atoms with Gasteiger partial charge in [-0.15, -0.1) is 0 Å². The molecule has 2 N–H and O–H groups in total. The average Bonchev–Trinajstić information content (AvgIpc) is 3.54. The zero-order valence-electron chi connectivity index (χ0n) is 19.0. The maximum Gasteiger partial charge on any atom is 0.150 e. The Labute approximate surface area is 208 Å². The molecule has 4 heterocycles. The van der Waals surface area contributed by atoms with Crippen LogP contribution in [0.5, 0.6) is 0 Å². The number of aromatic nitrogens is 3. The summed E-state index contributed by atoms with van der Waals surface area (Å²) >= 11 is 13.2. The topological polar surface area (TPSA) is 78.7 Å². The fourth-order valence-electron chi connectivity index (χ4n) is 5.02. The summed E-state index contributed by atoms with van der Waals surface area (Å²) in [6.45, 7) is 6.42. The van der Waals surface area contributed by atoms with Crippen LogP contribution in [-0.4, -0.2) is 75.8 Å². The molecule has 34 heavy (non-hydrogen) atoms. The first-order valence-corrected chi connectivity index (χ1v) is 12.5. The van der Waals surface area contributed by atoms with Gasteiger partial charge in [-0.3, -0.25) is 4.90 Å². The summed E-state index contributed by atoms with van der Waals surface area (Å²) in [6.07, 6.45) is 5.38. The molecule has 0 spiro atoms. The minimum absolute atomic E-state index is 0.319. The van der Waals surface area contributed by atoms with Crippen LogP contribution in [0, 0.1) is 0 Å². The summed E-state index contributed by atoms with van der Waals surface area (Å²) in [5, 5.41) is 21.5. The second-order valence-electron chi connectivity index (χ2n) is 9.73. The third-order valence-electron chi connectivity index (χ3n) is 7.41. The van der Waals surface area contributed by atoms with E-state index in [1.807, 2.05) is 23.0 Å². The normalized spacial score (nSPS) is 25.9. The predicted octanol–water partition coefficient (Wildman–Crippen LogP) is 4.09. The number of halogens is 2. The van der Waals surface area contributed by atoms with Crippen molar-refractivity contribution in [2.75, 3.05) is 49.6 Å². The number of benzene rings is 1. The Morgan fingerprint density at radius 3 is 2.59 bits per heavy atom. The minimum atomic E-state index is -0.452. The summed E-state index contributed by atoms with van der Waals surface area (Å²) in [5.41, 5.74) is 1.45. The van der Waals surface area contributed by atoms with Crippen molar-refractivity contribution in [1.29, 1.82) is 0 Å². The molecule has 2 aliphatic heterocycles. The van der Waals surface area contributed by atoms with Gasteiger partial charge in [0.15, 0.2) is 5.15 Å². The van der Waals surface area contributed by atoms with Crippen LogP contribution in [0.2, 0.25) is 10.2 Å². The predicted molar refractivity (Wildman–Crippen MR) is 135 cm³/mol. The number of ether oxygens (including phenoxy) is 1. The molecule has 3 aliphatic rings. The third kappa shape index (κ3) is 3.91. The first-order valence-electron chi connectivity index (χ1n) is 11.8. The van der Waals surface area contributed by atoms with Crippen molar-refractivity contribution in [3.63, 3.8) is 0 Å². The number of hydrogen-bond acceptors (Lipinski definition) is 7. The number of nitrogens with zero attached hydrogens (tertiary/aromatic N) is 5. The van der Waals surface area contributed by atoms with E-state index in [4.69, 9.17) is 27.9 Å². The van der Waals surface area contributed by atoms with Crippen LogP contribution in [0.4, 0.5) is 17.2 Å². The lowest BCUT2D eigenvalue weighted by atomic mass is 9.95. The Balaban J connectivity index is 1.21. The van der Waals surface area contributed by atoms with Gasteiger partial charge in [0.2, 0.25) is 0 Å². The highest BCUT2D eigenvalue weighted by Crippen LogP contribution is 2.39. The standard InChI is InChI=1S/C24H28Cl2N6O2/c1-24(14-34-13-21(24)33)31-6-4-30(5-7-31)20-9-15-10-22(27-11-16(15)8-18(20)25)29-19-12-28-32(23(19)26)17-2-3-17/h8-12,17,21,33H,2-7,13-14H2,1H3,(H,27,29). The molecular formula is C24H28Cl2N6O2. The molecule has 6 rings (SSSR count). The molecule has 2 saturated heterocycles. The van der Waals surface area contributed by atoms with Crippen LogP contribution in [0.25, 0.3) is 10.8 Å². The quantitative estimate of drug-likeness (QED) is 0.543. The van der Waals surface area contributed by atoms with Gasteiger partial charge in [0.05, 0.1) is 53.5 Å². The van der Waals surface area contributed by atoms with E-state index in [2.05, 4.69) is 38.2 Å². The van der Waals surface area contributed by atoms with Gasteiger partial charge in [-0.25, -0.2) is 9.67 Å². The first-order chi connectivity index (χ1) is 16.4. The smallest absolute Gasteiger partial charge is 0.150 e. The highest BCUT2D eigenvalue weighted by atomic mass is 35.5. The minimum Gasteiger partial charge on any atom is -0.389 e. The van der Waals surface area contributed by atoms with Crippen LogP contribution in [0.1, 0.15) is 25.8 Å². The van der Waals surface area contributed by atoms with E-state index >= 15 is 0 Å².